The van der Waals surface area contributed by atoms with Gasteiger partial charge in [0.1, 0.15) is 11.3 Å². The first-order valence-corrected chi connectivity index (χ1v) is 6.10. The molecule has 0 aliphatic heterocycles. The number of aromatic nitrogens is 2. The Morgan fingerprint density at radius 2 is 1.94 bits per heavy atom. The van der Waals surface area contributed by atoms with E-state index in [2.05, 4.69) is 4.98 Å². The highest BCUT2D eigenvalue weighted by atomic mass is 35.5. The molecule has 3 rings (SSSR count). The second-order valence-corrected chi connectivity index (χ2v) is 4.71. The summed E-state index contributed by atoms with van der Waals surface area (Å²) in [5.74, 6) is 0.727. The van der Waals surface area contributed by atoms with Crippen molar-refractivity contribution in [1.29, 1.82) is 0 Å². The predicted molar refractivity (Wildman–Crippen MR) is 75.1 cm³/mol. The summed E-state index contributed by atoms with van der Waals surface area (Å²) in [7, 11) is 0. The molecule has 0 unspecified atom stereocenters. The van der Waals surface area contributed by atoms with Gasteiger partial charge < -0.3 is 5.73 Å². The van der Waals surface area contributed by atoms with Gasteiger partial charge in [-0.25, -0.2) is 4.98 Å². The fourth-order valence-corrected chi connectivity index (χ4v) is 2.42. The highest BCUT2D eigenvalue weighted by molar-refractivity contribution is 6.33. The van der Waals surface area contributed by atoms with Gasteiger partial charge in [-0.2, -0.15) is 0 Å². The molecule has 0 saturated carbocycles. The molecule has 0 fully saturated rings. The average molecular weight is 278 g/mol. The number of hydrogen-bond acceptors (Lipinski definition) is 2. The van der Waals surface area contributed by atoms with Gasteiger partial charge in [0.2, 0.25) is 0 Å². The molecule has 0 atom stereocenters. The minimum Gasteiger partial charge on any atom is -0.397 e. The summed E-state index contributed by atoms with van der Waals surface area (Å²) < 4.78 is 1.86. The number of anilines is 1. The Hall–Kier alpha value is -1.71. The van der Waals surface area contributed by atoms with Crippen molar-refractivity contribution >= 4 is 34.4 Å². The third-order valence-corrected chi connectivity index (χ3v) is 3.23. The number of hydrogen-bond donors (Lipinski definition) is 1. The number of pyridine rings is 1. The normalized spacial score (nSPS) is 11.0. The van der Waals surface area contributed by atoms with Crippen LogP contribution in [-0.2, 0) is 0 Å². The zero-order chi connectivity index (χ0) is 12.7. The van der Waals surface area contributed by atoms with E-state index in [1.165, 1.54) is 0 Å². The van der Waals surface area contributed by atoms with Crippen LogP contribution < -0.4 is 5.73 Å². The maximum Gasteiger partial charge on any atom is 0.157 e. The number of nitrogens with two attached hydrogens (primary N) is 1. The minimum atomic E-state index is 0.392. The van der Waals surface area contributed by atoms with Crippen LogP contribution in [0, 0.1) is 0 Å². The molecule has 90 valence electrons. The number of fused-ring (bicyclic) bond motifs is 1. The second-order valence-electron chi connectivity index (χ2n) is 3.92. The van der Waals surface area contributed by atoms with Gasteiger partial charge in [0.05, 0.1) is 5.69 Å². The number of imidazole rings is 1. The van der Waals surface area contributed by atoms with E-state index in [0.717, 1.165) is 11.4 Å². The molecule has 0 aliphatic carbocycles. The van der Waals surface area contributed by atoms with Crippen molar-refractivity contribution in [2.75, 3.05) is 5.73 Å². The largest absolute Gasteiger partial charge is 0.397 e. The molecule has 0 radical (unpaired) electrons. The summed E-state index contributed by atoms with van der Waals surface area (Å²) in [6, 6.07) is 11.1. The molecule has 2 aromatic heterocycles. The van der Waals surface area contributed by atoms with Crippen molar-refractivity contribution in [1.82, 2.24) is 9.38 Å². The van der Waals surface area contributed by atoms with E-state index in [1.807, 2.05) is 40.9 Å². The molecule has 0 aliphatic rings. The molecule has 2 N–H and O–H groups in total. The molecular weight excluding hydrogens is 269 g/mol. The Balaban J connectivity index is 2.34. The maximum atomic E-state index is 6.13. The maximum absolute atomic E-state index is 6.13. The molecule has 1 aromatic carbocycles. The van der Waals surface area contributed by atoms with Gasteiger partial charge in [-0.15, -0.1) is 0 Å². The van der Waals surface area contributed by atoms with Crippen LogP contribution in [0.4, 0.5) is 5.69 Å². The molecule has 0 saturated heterocycles. The van der Waals surface area contributed by atoms with Crippen molar-refractivity contribution in [3.05, 3.63) is 52.8 Å². The van der Waals surface area contributed by atoms with Crippen LogP contribution in [0.5, 0.6) is 0 Å². The van der Waals surface area contributed by atoms with Gasteiger partial charge in [0, 0.05) is 16.8 Å². The third kappa shape index (κ3) is 1.72. The number of rotatable bonds is 1. The lowest BCUT2D eigenvalue weighted by Gasteiger charge is -2.02. The second kappa shape index (κ2) is 4.19. The van der Waals surface area contributed by atoms with Crippen LogP contribution in [0.1, 0.15) is 0 Å². The smallest absolute Gasteiger partial charge is 0.157 e. The first-order chi connectivity index (χ1) is 8.66. The molecule has 0 spiro atoms. The zero-order valence-electron chi connectivity index (χ0n) is 9.27. The van der Waals surface area contributed by atoms with Gasteiger partial charge in [0.15, 0.2) is 5.15 Å². The van der Waals surface area contributed by atoms with Crippen molar-refractivity contribution in [3.8, 4) is 11.4 Å². The fourth-order valence-electron chi connectivity index (χ4n) is 1.95. The monoisotopic (exact) mass is 277 g/mol. The highest BCUT2D eigenvalue weighted by Gasteiger charge is 2.13. The highest BCUT2D eigenvalue weighted by Crippen LogP contribution is 2.29. The molecule has 2 heterocycles. The summed E-state index contributed by atoms with van der Waals surface area (Å²) in [5, 5.41) is 1.05. The fraction of sp³-hybridized carbons (Fsp3) is 0. The van der Waals surface area contributed by atoms with Crippen LogP contribution in [0.3, 0.4) is 0 Å². The van der Waals surface area contributed by atoms with Crippen molar-refractivity contribution in [2.45, 2.75) is 0 Å². The van der Waals surface area contributed by atoms with Gasteiger partial charge in [-0.3, -0.25) is 4.40 Å². The van der Waals surface area contributed by atoms with E-state index >= 15 is 0 Å². The number of benzene rings is 1. The van der Waals surface area contributed by atoms with Crippen molar-refractivity contribution in [3.63, 3.8) is 0 Å². The Labute approximate surface area is 114 Å². The van der Waals surface area contributed by atoms with E-state index in [4.69, 9.17) is 28.9 Å². The quantitative estimate of drug-likeness (QED) is 0.733. The van der Waals surface area contributed by atoms with E-state index in [1.54, 1.807) is 6.07 Å². The van der Waals surface area contributed by atoms with Crippen molar-refractivity contribution in [2.24, 2.45) is 0 Å². The van der Waals surface area contributed by atoms with Crippen LogP contribution in [0.15, 0.2) is 42.6 Å². The molecule has 5 heteroatoms. The summed E-state index contributed by atoms with van der Waals surface area (Å²) in [6.07, 6.45) is 1.88. The standard InChI is InChI=1S/C13H9Cl2N3/c14-9-4-1-3-8(7-9)13-17-12(15)11-10(16)5-2-6-18(11)13/h1-7H,16H2. The van der Waals surface area contributed by atoms with Crippen LogP contribution in [0.25, 0.3) is 16.9 Å². The minimum absolute atomic E-state index is 0.392. The number of halogens is 2. The van der Waals surface area contributed by atoms with Gasteiger partial charge in [-0.1, -0.05) is 35.3 Å². The summed E-state index contributed by atoms with van der Waals surface area (Å²) in [4.78, 5) is 4.35. The lowest BCUT2D eigenvalue weighted by Crippen LogP contribution is -1.93. The van der Waals surface area contributed by atoms with Gasteiger partial charge >= 0.3 is 0 Å². The summed E-state index contributed by atoms with van der Waals surface area (Å²) >= 11 is 12.1. The van der Waals surface area contributed by atoms with E-state index in [0.29, 0.717) is 21.4 Å². The number of nitrogens with zero attached hydrogens (tertiary/aromatic N) is 2. The Morgan fingerprint density at radius 1 is 1.11 bits per heavy atom. The SMILES string of the molecule is Nc1cccn2c(-c3cccc(Cl)c3)nc(Cl)c12. The van der Waals surface area contributed by atoms with E-state index in [-0.39, 0.29) is 0 Å². The van der Waals surface area contributed by atoms with Gasteiger partial charge in [-0.05, 0) is 24.3 Å². The molecular formula is C13H9Cl2N3. The Bertz CT molecular complexity index is 734. The first-order valence-electron chi connectivity index (χ1n) is 5.35. The zero-order valence-corrected chi connectivity index (χ0v) is 10.8. The third-order valence-electron chi connectivity index (χ3n) is 2.74. The van der Waals surface area contributed by atoms with Crippen LogP contribution >= 0.6 is 23.2 Å². The summed E-state index contributed by atoms with van der Waals surface area (Å²) in [5.41, 5.74) is 8.12. The molecule has 18 heavy (non-hydrogen) atoms. The topological polar surface area (TPSA) is 43.3 Å². The van der Waals surface area contributed by atoms with E-state index < -0.39 is 0 Å². The summed E-state index contributed by atoms with van der Waals surface area (Å²) in [6.45, 7) is 0. The Kier molecular flexibility index (Phi) is 2.65. The molecule has 0 amide bonds. The van der Waals surface area contributed by atoms with Crippen molar-refractivity contribution < 1.29 is 0 Å². The van der Waals surface area contributed by atoms with Crippen LogP contribution in [0.2, 0.25) is 10.2 Å². The first kappa shape index (κ1) is 11.4. The number of nitrogen functional groups attached to an aromatic ring is 1. The predicted octanol–water partition coefficient (Wildman–Crippen LogP) is 3.89. The molecule has 3 aromatic rings. The molecule has 0 bridgehead atoms. The van der Waals surface area contributed by atoms with Crippen LogP contribution in [-0.4, -0.2) is 9.38 Å². The molecule has 3 nitrogen and oxygen atoms in total. The van der Waals surface area contributed by atoms with Gasteiger partial charge in [0.25, 0.3) is 0 Å². The Morgan fingerprint density at radius 3 is 2.72 bits per heavy atom. The average Bonchev–Trinajstić information content (AvgIpc) is 2.68. The lowest BCUT2D eigenvalue weighted by atomic mass is 10.2. The van der Waals surface area contributed by atoms with E-state index in [9.17, 15) is 0 Å². The lowest BCUT2D eigenvalue weighted by molar-refractivity contribution is 1.16.